The first-order valence-electron chi connectivity index (χ1n) is 6.92. The molecule has 4 rings (SSSR count). The molecule has 8 nitrogen and oxygen atoms in total. The molecule has 0 bridgehead atoms. The summed E-state index contributed by atoms with van der Waals surface area (Å²) in [5.74, 6) is -1.09. The zero-order valence-corrected chi connectivity index (χ0v) is 13.3. The van der Waals surface area contributed by atoms with Gasteiger partial charge >= 0.3 is 0 Å². The average molecular weight is 360 g/mol. The fourth-order valence-electron chi connectivity index (χ4n) is 2.33. The molecule has 0 amide bonds. The van der Waals surface area contributed by atoms with Crippen LogP contribution in [0.25, 0.3) is 27.6 Å². The number of hydrogen-bond acceptors (Lipinski definition) is 8. The molecule has 11 heteroatoms. The summed E-state index contributed by atoms with van der Waals surface area (Å²) in [6.07, 6.45) is 1.02. The number of nitrogens with zero attached hydrogens (tertiary/aromatic N) is 5. The summed E-state index contributed by atoms with van der Waals surface area (Å²) in [6.45, 7) is 0. The second-order valence-corrected chi connectivity index (χ2v) is 5.98. The first-order valence-corrected chi connectivity index (χ1v) is 7.80. The van der Waals surface area contributed by atoms with E-state index in [2.05, 4.69) is 20.1 Å². The van der Waals surface area contributed by atoms with Crippen molar-refractivity contribution in [2.75, 3.05) is 17.2 Å². The molecular formula is C14H10F2N8S. The summed E-state index contributed by atoms with van der Waals surface area (Å²) in [5.41, 5.74) is 17.5. The molecule has 0 aliphatic heterocycles. The number of anilines is 3. The Bertz CT molecular complexity index is 1100. The van der Waals surface area contributed by atoms with Gasteiger partial charge in [0.05, 0.1) is 11.6 Å². The summed E-state index contributed by atoms with van der Waals surface area (Å²) in [5, 5.41) is 6.35. The molecule has 0 fully saturated rings. The summed E-state index contributed by atoms with van der Waals surface area (Å²) in [7, 11) is 0. The van der Waals surface area contributed by atoms with Crippen molar-refractivity contribution < 1.29 is 8.78 Å². The van der Waals surface area contributed by atoms with Crippen LogP contribution in [0.4, 0.5) is 26.1 Å². The first-order chi connectivity index (χ1) is 12.0. The van der Waals surface area contributed by atoms with Gasteiger partial charge in [0, 0.05) is 0 Å². The highest BCUT2D eigenvalue weighted by Gasteiger charge is 2.21. The van der Waals surface area contributed by atoms with E-state index in [4.69, 9.17) is 17.2 Å². The standard InChI is InChI=1S/C14H10F2N8S/c15-5-3-6-9(12-21-10(18)8(17)11(19)22-12)23-24(13(6)20-4-5)14-7(16)1-2-25-14/h1-4H,17H2,(H4,18,19,21,22). The maximum Gasteiger partial charge on any atom is 0.184 e. The highest BCUT2D eigenvalue weighted by atomic mass is 32.1. The van der Waals surface area contributed by atoms with E-state index in [1.54, 1.807) is 5.38 Å². The number of nitrogen functional groups attached to an aromatic ring is 3. The molecule has 0 atom stereocenters. The fourth-order valence-corrected chi connectivity index (χ4v) is 3.05. The van der Waals surface area contributed by atoms with E-state index in [9.17, 15) is 8.78 Å². The number of aromatic nitrogens is 5. The molecule has 0 saturated heterocycles. The largest absolute Gasteiger partial charge is 0.393 e. The molecule has 0 unspecified atom stereocenters. The van der Waals surface area contributed by atoms with E-state index in [0.717, 1.165) is 17.5 Å². The van der Waals surface area contributed by atoms with Gasteiger partial charge in [-0.2, -0.15) is 5.10 Å². The Labute approximate surface area is 142 Å². The predicted octanol–water partition coefficient (Wildman–Crippen LogP) is 1.96. The summed E-state index contributed by atoms with van der Waals surface area (Å²) in [6, 6.07) is 2.51. The zero-order chi connectivity index (χ0) is 17.7. The lowest BCUT2D eigenvalue weighted by molar-refractivity contribution is 0.619. The second kappa shape index (κ2) is 5.34. The number of rotatable bonds is 2. The Morgan fingerprint density at radius 3 is 2.44 bits per heavy atom. The number of fused-ring (bicyclic) bond motifs is 1. The van der Waals surface area contributed by atoms with Crippen molar-refractivity contribution in [3.05, 3.63) is 35.3 Å². The lowest BCUT2D eigenvalue weighted by Gasteiger charge is -2.04. The van der Waals surface area contributed by atoms with Crippen LogP contribution in [-0.4, -0.2) is 24.7 Å². The van der Waals surface area contributed by atoms with Crippen LogP contribution >= 0.6 is 11.3 Å². The van der Waals surface area contributed by atoms with Crippen molar-refractivity contribution in [3.8, 4) is 16.5 Å². The van der Waals surface area contributed by atoms with Crippen molar-refractivity contribution in [1.82, 2.24) is 24.7 Å². The maximum absolute atomic E-state index is 14.0. The molecule has 0 saturated carbocycles. The Hall–Kier alpha value is -3.34. The number of pyridine rings is 1. The molecule has 0 aliphatic rings. The minimum atomic E-state index is -0.587. The van der Waals surface area contributed by atoms with E-state index < -0.39 is 11.6 Å². The van der Waals surface area contributed by atoms with Gasteiger partial charge in [-0.25, -0.2) is 28.4 Å². The van der Waals surface area contributed by atoms with Gasteiger partial charge in [-0.3, -0.25) is 0 Å². The zero-order valence-electron chi connectivity index (χ0n) is 12.4. The van der Waals surface area contributed by atoms with Crippen LogP contribution in [0.1, 0.15) is 0 Å². The van der Waals surface area contributed by atoms with E-state index in [-0.39, 0.29) is 44.9 Å². The summed E-state index contributed by atoms with van der Waals surface area (Å²) < 4.78 is 29.0. The smallest absolute Gasteiger partial charge is 0.184 e. The van der Waals surface area contributed by atoms with Gasteiger partial charge in [-0.15, -0.1) is 11.3 Å². The van der Waals surface area contributed by atoms with Crippen LogP contribution in [0, 0.1) is 11.6 Å². The van der Waals surface area contributed by atoms with Crippen LogP contribution in [0.2, 0.25) is 0 Å². The number of hydrogen-bond donors (Lipinski definition) is 3. The second-order valence-electron chi connectivity index (χ2n) is 5.09. The van der Waals surface area contributed by atoms with Gasteiger partial charge in [-0.05, 0) is 17.5 Å². The third-order valence-corrected chi connectivity index (χ3v) is 4.36. The number of nitrogens with two attached hydrogens (primary N) is 3. The molecule has 0 aliphatic carbocycles. The Kier molecular flexibility index (Phi) is 3.25. The van der Waals surface area contributed by atoms with Gasteiger partial charge in [0.25, 0.3) is 0 Å². The predicted molar refractivity (Wildman–Crippen MR) is 90.9 cm³/mol. The third-order valence-electron chi connectivity index (χ3n) is 3.50. The molecule has 6 N–H and O–H groups in total. The fraction of sp³-hybridized carbons (Fsp3) is 0. The number of halogens is 2. The maximum atomic E-state index is 14.0. The van der Waals surface area contributed by atoms with E-state index in [1.165, 1.54) is 16.8 Å². The summed E-state index contributed by atoms with van der Waals surface area (Å²) >= 11 is 1.12. The van der Waals surface area contributed by atoms with Crippen LogP contribution in [-0.2, 0) is 0 Å². The molecular weight excluding hydrogens is 350 g/mol. The van der Waals surface area contributed by atoms with Gasteiger partial charge in [0.2, 0.25) is 0 Å². The molecule has 4 aromatic rings. The van der Waals surface area contributed by atoms with Gasteiger partial charge in [0.15, 0.2) is 33.9 Å². The molecule has 4 aromatic heterocycles. The Balaban J connectivity index is 2.05. The normalized spacial score (nSPS) is 11.3. The molecule has 0 radical (unpaired) electrons. The van der Waals surface area contributed by atoms with E-state index in [0.29, 0.717) is 0 Å². The minimum absolute atomic E-state index is 0.0307. The summed E-state index contributed by atoms with van der Waals surface area (Å²) in [4.78, 5) is 12.1. The Morgan fingerprint density at radius 1 is 1.08 bits per heavy atom. The first kappa shape index (κ1) is 15.2. The van der Waals surface area contributed by atoms with E-state index >= 15 is 0 Å². The van der Waals surface area contributed by atoms with Gasteiger partial charge in [-0.1, -0.05) is 0 Å². The molecule has 0 spiro atoms. The highest BCUT2D eigenvalue weighted by Crippen LogP contribution is 2.31. The Morgan fingerprint density at radius 2 is 1.80 bits per heavy atom. The number of thiophene rings is 1. The van der Waals surface area contributed by atoms with Gasteiger partial charge in [0.1, 0.15) is 17.2 Å². The topological polar surface area (TPSA) is 135 Å². The molecule has 0 aromatic carbocycles. The third kappa shape index (κ3) is 2.32. The van der Waals surface area contributed by atoms with Crippen molar-refractivity contribution >= 4 is 39.7 Å². The van der Waals surface area contributed by atoms with Crippen LogP contribution in [0.5, 0.6) is 0 Å². The average Bonchev–Trinajstić information content (AvgIpc) is 3.15. The quantitative estimate of drug-likeness (QED) is 0.497. The molecule has 4 heterocycles. The molecule has 126 valence electrons. The van der Waals surface area contributed by atoms with Gasteiger partial charge < -0.3 is 17.2 Å². The van der Waals surface area contributed by atoms with Crippen molar-refractivity contribution in [1.29, 1.82) is 0 Å². The molecule has 25 heavy (non-hydrogen) atoms. The van der Waals surface area contributed by atoms with Crippen molar-refractivity contribution in [2.45, 2.75) is 0 Å². The highest BCUT2D eigenvalue weighted by molar-refractivity contribution is 7.12. The minimum Gasteiger partial charge on any atom is -0.393 e. The monoisotopic (exact) mass is 360 g/mol. The lowest BCUT2D eigenvalue weighted by Crippen LogP contribution is -2.07. The van der Waals surface area contributed by atoms with Crippen molar-refractivity contribution in [3.63, 3.8) is 0 Å². The van der Waals surface area contributed by atoms with Crippen molar-refractivity contribution in [2.24, 2.45) is 0 Å². The lowest BCUT2D eigenvalue weighted by atomic mass is 10.2. The van der Waals surface area contributed by atoms with Crippen LogP contribution in [0.15, 0.2) is 23.7 Å². The van der Waals surface area contributed by atoms with Crippen LogP contribution in [0.3, 0.4) is 0 Å². The SMILES string of the molecule is Nc1nc(-c2nn(-c3sccc3F)c3ncc(F)cc23)nc(N)c1N. The van der Waals surface area contributed by atoms with E-state index in [1.807, 2.05) is 0 Å². The van der Waals surface area contributed by atoms with Crippen LogP contribution < -0.4 is 17.2 Å².